The first kappa shape index (κ1) is 13.4. The van der Waals surface area contributed by atoms with Gasteiger partial charge in [0.1, 0.15) is 0 Å². The van der Waals surface area contributed by atoms with Crippen molar-refractivity contribution in [1.29, 1.82) is 0 Å². The van der Waals surface area contributed by atoms with E-state index in [1.165, 1.54) is 5.56 Å². The molecule has 1 aliphatic heterocycles. The molecule has 1 fully saturated rings. The minimum absolute atomic E-state index is 0.0570. The predicted octanol–water partition coefficient (Wildman–Crippen LogP) is 2.28. The fraction of sp³-hybridized carbons (Fsp3) is 0.500. The summed E-state index contributed by atoms with van der Waals surface area (Å²) in [5.74, 6) is 2.04. The van der Waals surface area contributed by atoms with Crippen LogP contribution in [0.3, 0.4) is 0 Å². The van der Waals surface area contributed by atoms with Crippen molar-refractivity contribution in [2.45, 2.75) is 25.8 Å². The van der Waals surface area contributed by atoms with Crippen LogP contribution in [0, 0.1) is 0 Å². The number of nitrogens with one attached hydrogen (secondary N) is 2. The largest absolute Gasteiger partial charge is 0.324 e. The molecule has 0 spiro atoms. The lowest BCUT2D eigenvalue weighted by Gasteiger charge is -2.22. The van der Waals surface area contributed by atoms with Gasteiger partial charge in [0.2, 0.25) is 5.91 Å². The fourth-order valence-electron chi connectivity index (χ4n) is 2.08. The Balaban J connectivity index is 2.01. The Hall–Kier alpha value is -1.000. The first-order valence-electron chi connectivity index (χ1n) is 6.51. The Morgan fingerprint density at radius 1 is 1.50 bits per heavy atom. The molecule has 0 saturated carbocycles. The van der Waals surface area contributed by atoms with E-state index in [2.05, 4.69) is 23.6 Å². The highest BCUT2D eigenvalue weighted by atomic mass is 32.2. The Bertz CT molecular complexity index is 403. The Morgan fingerprint density at radius 3 is 3.06 bits per heavy atom. The van der Waals surface area contributed by atoms with Crippen molar-refractivity contribution >= 4 is 23.4 Å². The van der Waals surface area contributed by atoms with Crippen LogP contribution >= 0.6 is 11.8 Å². The Morgan fingerprint density at radius 2 is 2.33 bits per heavy atom. The maximum Gasteiger partial charge on any atom is 0.242 e. The summed E-state index contributed by atoms with van der Waals surface area (Å²) in [5, 5.41) is 6.31. The third-order valence-electron chi connectivity index (χ3n) is 3.03. The van der Waals surface area contributed by atoms with Gasteiger partial charge in [-0.2, -0.15) is 11.8 Å². The quantitative estimate of drug-likeness (QED) is 0.876. The predicted molar refractivity (Wildman–Crippen MR) is 78.2 cm³/mol. The van der Waals surface area contributed by atoms with E-state index in [1.54, 1.807) is 0 Å². The van der Waals surface area contributed by atoms with E-state index in [1.807, 2.05) is 30.0 Å². The van der Waals surface area contributed by atoms with E-state index >= 15 is 0 Å². The molecule has 2 rings (SSSR count). The van der Waals surface area contributed by atoms with Gasteiger partial charge in [-0.3, -0.25) is 4.79 Å². The summed E-state index contributed by atoms with van der Waals surface area (Å²) in [7, 11) is 0. The molecule has 4 heteroatoms. The zero-order valence-corrected chi connectivity index (χ0v) is 11.6. The summed E-state index contributed by atoms with van der Waals surface area (Å²) < 4.78 is 0. The normalized spacial score (nSPS) is 19.5. The van der Waals surface area contributed by atoms with Crippen LogP contribution < -0.4 is 10.6 Å². The maximum atomic E-state index is 12.1. The summed E-state index contributed by atoms with van der Waals surface area (Å²) in [6, 6.07) is 8.01. The molecule has 18 heavy (non-hydrogen) atoms. The molecule has 1 aromatic rings. The number of amides is 1. The number of benzene rings is 1. The molecule has 1 saturated heterocycles. The molecule has 1 amide bonds. The third-order valence-corrected chi connectivity index (χ3v) is 4.09. The highest BCUT2D eigenvalue weighted by Gasteiger charge is 2.21. The topological polar surface area (TPSA) is 41.1 Å². The lowest BCUT2D eigenvalue weighted by Crippen LogP contribution is -2.46. The molecule has 1 unspecified atom stereocenters. The molecule has 1 aromatic carbocycles. The molecule has 0 aliphatic carbocycles. The van der Waals surface area contributed by atoms with E-state index in [0.29, 0.717) is 0 Å². The number of hydrogen-bond acceptors (Lipinski definition) is 3. The molecule has 98 valence electrons. The summed E-state index contributed by atoms with van der Waals surface area (Å²) in [6.07, 6.45) is 2.09. The van der Waals surface area contributed by atoms with Crippen LogP contribution in [0.2, 0.25) is 0 Å². The van der Waals surface area contributed by atoms with Gasteiger partial charge in [-0.1, -0.05) is 31.5 Å². The first-order valence-corrected chi connectivity index (χ1v) is 7.66. The van der Waals surface area contributed by atoms with Crippen molar-refractivity contribution in [3.05, 3.63) is 29.8 Å². The van der Waals surface area contributed by atoms with Crippen LogP contribution in [0.15, 0.2) is 24.3 Å². The molecular weight excluding hydrogens is 244 g/mol. The number of anilines is 1. The van der Waals surface area contributed by atoms with Gasteiger partial charge in [0.25, 0.3) is 0 Å². The highest BCUT2D eigenvalue weighted by molar-refractivity contribution is 7.99. The van der Waals surface area contributed by atoms with Gasteiger partial charge in [-0.25, -0.2) is 0 Å². The van der Waals surface area contributed by atoms with Gasteiger partial charge in [0.05, 0.1) is 6.04 Å². The van der Waals surface area contributed by atoms with Crippen molar-refractivity contribution < 1.29 is 4.79 Å². The number of aryl methyl sites for hydroxylation is 1. The first-order chi connectivity index (χ1) is 8.81. The van der Waals surface area contributed by atoms with Crippen molar-refractivity contribution in [2.75, 3.05) is 23.4 Å². The van der Waals surface area contributed by atoms with Crippen LogP contribution in [-0.4, -0.2) is 30.0 Å². The van der Waals surface area contributed by atoms with E-state index in [0.717, 1.165) is 36.6 Å². The van der Waals surface area contributed by atoms with Gasteiger partial charge in [-0.05, 0) is 18.1 Å². The number of carbonyl (C=O) groups is 1. The zero-order valence-electron chi connectivity index (χ0n) is 10.7. The minimum Gasteiger partial charge on any atom is -0.324 e. The molecule has 1 atom stereocenters. The second-order valence-electron chi connectivity index (χ2n) is 4.48. The van der Waals surface area contributed by atoms with Crippen molar-refractivity contribution in [3.8, 4) is 0 Å². The van der Waals surface area contributed by atoms with Gasteiger partial charge in [0, 0.05) is 23.7 Å². The molecule has 1 aliphatic rings. The van der Waals surface area contributed by atoms with Crippen LogP contribution in [0.4, 0.5) is 5.69 Å². The number of carbonyl (C=O) groups excluding carboxylic acids is 1. The van der Waals surface area contributed by atoms with Crippen molar-refractivity contribution in [1.82, 2.24) is 5.32 Å². The van der Waals surface area contributed by atoms with Crippen LogP contribution in [0.25, 0.3) is 0 Å². The van der Waals surface area contributed by atoms with E-state index in [-0.39, 0.29) is 11.9 Å². The highest BCUT2D eigenvalue weighted by Crippen LogP contribution is 2.18. The molecule has 0 bridgehead atoms. The molecule has 1 heterocycles. The van der Waals surface area contributed by atoms with Crippen LogP contribution in [-0.2, 0) is 11.2 Å². The van der Waals surface area contributed by atoms with Gasteiger partial charge < -0.3 is 10.6 Å². The van der Waals surface area contributed by atoms with Crippen molar-refractivity contribution in [2.24, 2.45) is 0 Å². The minimum atomic E-state index is -0.0570. The second-order valence-corrected chi connectivity index (χ2v) is 5.63. The molecule has 0 aromatic heterocycles. The lowest BCUT2D eigenvalue weighted by molar-refractivity contribution is -0.117. The summed E-state index contributed by atoms with van der Waals surface area (Å²) >= 11 is 1.83. The summed E-state index contributed by atoms with van der Waals surface area (Å²) in [5.41, 5.74) is 2.18. The van der Waals surface area contributed by atoms with Gasteiger partial charge >= 0.3 is 0 Å². The number of hydrogen-bond donors (Lipinski definition) is 2. The SMILES string of the molecule is CCCc1ccccc1NC(=O)C1CSCCN1. The summed E-state index contributed by atoms with van der Waals surface area (Å²) in [4.78, 5) is 12.1. The van der Waals surface area contributed by atoms with E-state index in [4.69, 9.17) is 0 Å². The zero-order chi connectivity index (χ0) is 12.8. The van der Waals surface area contributed by atoms with Gasteiger partial charge in [-0.15, -0.1) is 0 Å². The average molecular weight is 264 g/mol. The molecular formula is C14H20N2OS. The lowest BCUT2D eigenvalue weighted by atomic mass is 10.1. The molecule has 2 N–H and O–H groups in total. The average Bonchev–Trinajstić information content (AvgIpc) is 2.42. The standard InChI is InChI=1S/C14H20N2OS/c1-2-5-11-6-3-4-7-12(11)16-14(17)13-10-18-9-8-15-13/h3-4,6-7,13,15H,2,5,8-10H2,1H3,(H,16,17). The van der Waals surface area contributed by atoms with Crippen LogP contribution in [0.5, 0.6) is 0 Å². The van der Waals surface area contributed by atoms with Gasteiger partial charge in [0.15, 0.2) is 0 Å². The molecule has 0 radical (unpaired) electrons. The monoisotopic (exact) mass is 264 g/mol. The number of thioether (sulfide) groups is 1. The Labute approximate surface area is 113 Å². The maximum absolute atomic E-state index is 12.1. The number of rotatable bonds is 4. The third kappa shape index (κ3) is 3.50. The van der Waals surface area contributed by atoms with E-state index in [9.17, 15) is 4.79 Å². The fourth-order valence-corrected chi connectivity index (χ4v) is 3.02. The van der Waals surface area contributed by atoms with Crippen LogP contribution in [0.1, 0.15) is 18.9 Å². The second kappa shape index (κ2) is 6.81. The van der Waals surface area contributed by atoms with E-state index < -0.39 is 0 Å². The van der Waals surface area contributed by atoms with Crippen molar-refractivity contribution in [3.63, 3.8) is 0 Å². The smallest absolute Gasteiger partial charge is 0.242 e. The number of para-hydroxylation sites is 1. The Kier molecular flexibility index (Phi) is 5.08. The molecule has 3 nitrogen and oxygen atoms in total. The summed E-state index contributed by atoms with van der Waals surface area (Å²) in [6.45, 7) is 3.07.